The Balaban J connectivity index is 1.62. The minimum atomic E-state index is 0.911. The van der Waals surface area contributed by atoms with Crippen LogP contribution in [0.5, 0.6) is 5.75 Å². The number of likely N-dealkylation sites (N-methyl/N-ethyl adjacent to an activating group) is 1. The lowest BCUT2D eigenvalue weighted by Gasteiger charge is -2.20. The highest BCUT2D eigenvalue weighted by atomic mass is 32.1. The summed E-state index contributed by atoms with van der Waals surface area (Å²) in [6, 6.07) is 10.7. The third-order valence-corrected chi connectivity index (χ3v) is 5.51. The van der Waals surface area contributed by atoms with E-state index in [-0.39, 0.29) is 0 Å². The van der Waals surface area contributed by atoms with Crippen molar-refractivity contribution in [3.8, 4) is 16.9 Å². The molecule has 4 heteroatoms. The number of thiophene rings is 1. The van der Waals surface area contributed by atoms with Gasteiger partial charge in [0.25, 0.3) is 0 Å². The van der Waals surface area contributed by atoms with E-state index in [0.717, 1.165) is 12.3 Å². The molecule has 23 heavy (non-hydrogen) atoms. The van der Waals surface area contributed by atoms with Gasteiger partial charge in [-0.15, -0.1) is 11.3 Å². The first-order valence-electron chi connectivity index (χ1n) is 8.45. The molecule has 1 aliphatic heterocycles. The summed E-state index contributed by atoms with van der Waals surface area (Å²) in [6.07, 6.45) is 1.28. The Bertz CT molecular complexity index is 608. The molecular weight excluding hydrogens is 304 g/mol. The van der Waals surface area contributed by atoms with E-state index in [4.69, 9.17) is 4.74 Å². The van der Waals surface area contributed by atoms with Gasteiger partial charge in [-0.2, -0.15) is 0 Å². The van der Waals surface area contributed by atoms with Gasteiger partial charge >= 0.3 is 0 Å². The van der Waals surface area contributed by atoms with Gasteiger partial charge in [-0.3, -0.25) is 4.90 Å². The van der Waals surface area contributed by atoms with E-state index in [1.54, 1.807) is 7.11 Å². The third-order valence-electron chi connectivity index (χ3n) is 4.58. The molecule has 0 aliphatic carbocycles. The predicted molar refractivity (Wildman–Crippen MR) is 98.3 cm³/mol. The van der Waals surface area contributed by atoms with Crippen LogP contribution in [0.1, 0.15) is 18.2 Å². The zero-order valence-electron chi connectivity index (χ0n) is 14.1. The van der Waals surface area contributed by atoms with Crippen LogP contribution < -0.4 is 4.74 Å². The maximum atomic E-state index is 5.23. The van der Waals surface area contributed by atoms with Crippen molar-refractivity contribution in [1.29, 1.82) is 0 Å². The van der Waals surface area contributed by atoms with Crippen LogP contribution in [-0.2, 0) is 6.54 Å². The van der Waals surface area contributed by atoms with Gasteiger partial charge in [0.1, 0.15) is 5.75 Å². The van der Waals surface area contributed by atoms with E-state index in [1.807, 2.05) is 23.5 Å². The second-order valence-corrected chi connectivity index (χ2v) is 7.09. The van der Waals surface area contributed by atoms with Crippen molar-refractivity contribution < 1.29 is 4.74 Å². The van der Waals surface area contributed by atoms with Gasteiger partial charge in [-0.25, -0.2) is 0 Å². The van der Waals surface area contributed by atoms with Crippen LogP contribution >= 0.6 is 11.3 Å². The molecule has 1 aromatic carbocycles. The van der Waals surface area contributed by atoms with E-state index in [2.05, 4.69) is 40.3 Å². The van der Waals surface area contributed by atoms with Crippen LogP contribution in [0, 0.1) is 0 Å². The minimum Gasteiger partial charge on any atom is -0.497 e. The molecule has 0 radical (unpaired) electrons. The average molecular weight is 330 g/mol. The second kappa shape index (κ2) is 7.95. The molecule has 1 fully saturated rings. The molecule has 3 rings (SSSR count). The minimum absolute atomic E-state index is 0.911. The monoisotopic (exact) mass is 330 g/mol. The number of hydrogen-bond donors (Lipinski definition) is 0. The maximum Gasteiger partial charge on any atom is 0.118 e. The molecule has 1 saturated heterocycles. The van der Waals surface area contributed by atoms with Crippen LogP contribution in [0.15, 0.2) is 35.7 Å². The first kappa shape index (κ1) is 16.5. The van der Waals surface area contributed by atoms with Crippen LogP contribution in [0.25, 0.3) is 11.1 Å². The topological polar surface area (TPSA) is 15.7 Å². The summed E-state index contributed by atoms with van der Waals surface area (Å²) < 4.78 is 5.23. The molecule has 0 saturated carbocycles. The number of nitrogens with zero attached hydrogens (tertiary/aromatic N) is 2. The fourth-order valence-electron chi connectivity index (χ4n) is 3.12. The summed E-state index contributed by atoms with van der Waals surface area (Å²) in [4.78, 5) is 6.61. The molecule has 1 aliphatic rings. The molecule has 1 aromatic heterocycles. The van der Waals surface area contributed by atoms with Gasteiger partial charge in [0, 0.05) is 24.5 Å². The Morgan fingerprint density at radius 3 is 2.48 bits per heavy atom. The largest absolute Gasteiger partial charge is 0.497 e. The van der Waals surface area contributed by atoms with Gasteiger partial charge in [-0.05, 0) is 60.8 Å². The lowest BCUT2D eigenvalue weighted by molar-refractivity contribution is 0.259. The summed E-state index contributed by atoms with van der Waals surface area (Å²) in [5.74, 6) is 0.911. The molecule has 3 nitrogen and oxygen atoms in total. The highest BCUT2D eigenvalue weighted by Gasteiger charge is 2.14. The third kappa shape index (κ3) is 4.34. The fourth-order valence-corrected chi connectivity index (χ4v) is 4.05. The second-order valence-electron chi connectivity index (χ2n) is 6.09. The van der Waals surface area contributed by atoms with Gasteiger partial charge < -0.3 is 9.64 Å². The van der Waals surface area contributed by atoms with Gasteiger partial charge in [-0.1, -0.05) is 19.1 Å². The summed E-state index contributed by atoms with van der Waals surface area (Å²) in [6.45, 7) is 9.36. The normalized spacial score (nSPS) is 17.1. The molecule has 0 N–H and O–H groups in total. The number of benzene rings is 1. The molecule has 2 aromatic rings. The van der Waals surface area contributed by atoms with Crippen molar-refractivity contribution in [1.82, 2.24) is 9.80 Å². The molecule has 124 valence electrons. The Labute approximate surface area is 143 Å². The maximum absolute atomic E-state index is 5.23. The SMILES string of the molecule is CCN1CCCN(Cc2cc(-c3ccc(OC)cc3)cs2)CC1. The Morgan fingerprint density at radius 1 is 1.00 bits per heavy atom. The Hall–Kier alpha value is -1.36. The summed E-state index contributed by atoms with van der Waals surface area (Å²) in [7, 11) is 1.71. The molecule has 0 atom stereocenters. The number of ether oxygens (including phenoxy) is 1. The lowest BCUT2D eigenvalue weighted by Crippen LogP contribution is -2.30. The van der Waals surface area contributed by atoms with Crippen molar-refractivity contribution in [2.75, 3.05) is 39.8 Å². The van der Waals surface area contributed by atoms with Crippen LogP contribution in [0.2, 0.25) is 0 Å². The summed E-state index contributed by atoms with van der Waals surface area (Å²) in [5.41, 5.74) is 2.58. The quantitative estimate of drug-likeness (QED) is 0.825. The van der Waals surface area contributed by atoms with Crippen molar-refractivity contribution >= 4 is 11.3 Å². The standard InChI is InChI=1S/C19H26N2OS/c1-3-20-9-4-10-21(12-11-20)14-19-13-17(15-23-19)16-5-7-18(22-2)8-6-16/h5-8,13,15H,3-4,9-12,14H2,1-2H3. The summed E-state index contributed by atoms with van der Waals surface area (Å²) in [5, 5.41) is 2.27. The van der Waals surface area contributed by atoms with Gasteiger partial charge in [0.2, 0.25) is 0 Å². The highest BCUT2D eigenvalue weighted by Crippen LogP contribution is 2.28. The van der Waals surface area contributed by atoms with Crippen molar-refractivity contribution in [2.45, 2.75) is 19.9 Å². The van der Waals surface area contributed by atoms with Gasteiger partial charge in [0.05, 0.1) is 7.11 Å². The number of methoxy groups -OCH3 is 1. The zero-order chi connectivity index (χ0) is 16.1. The lowest BCUT2D eigenvalue weighted by atomic mass is 10.1. The number of rotatable bonds is 5. The van der Waals surface area contributed by atoms with E-state index >= 15 is 0 Å². The molecule has 0 bridgehead atoms. The Kier molecular flexibility index (Phi) is 5.70. The molecule has 0 unspecified atom stereocenters. The smallest absolute Gasteiger partial charge is 0.118 e. The van der Waals surface area contributed by atoms with Crippen molar-refractivity contribution in [3.63, 3.8) is 0 Å². The van der Waals surface area contributed by atoms with E-state index in [0.29, 0.717) is 0 Å². The molecule has 2 heterocycles. The molecule has 0 spiro atoms. The van der Waals surface area contributed by atoms with Crippen LogP contribution in [-0.4, -0.2) is 49.6 Å². The predicted octanol–water partition coefficient (Wildman–Crippen LogP) is 3.95. The zero-order valence-corrected chi connectivity index (χ0v) is 14.9. The first-order chi connectivity index (χ1) is 11.3. The number of hydrogen-bond acceptors (Lipinski definition) is 4. The Morgan fingerprint density at radius 2 is 1.74 bits per heavy atom. The highest BCUT2D eigenvalue weighted by molar-refractivity contribution is 7.10. The van der Waals surface area contributed by atoms with Crippen molar-refractivity contribution in [3.05, 3.63) is 40.6 Å². The van der Waals surface area contributed by atoms with E-state index in [1.165, 1.54) is 55.1 Å². The summed E-state index contributed by atoms with van der Waals surface area (Å²) >= 11 is 1.87. The van der Waals surface area contributed by atoms with E-state index < -0.39 is 0 Å². The average Bonchev–Trinajstić information content (AvgIpc) is 2.93. The fraction of sp³-hybridized carbons (Fsp3) is 0.474. The van der Waals surface area contributed by atoms with Crippen LogP contribution in [0.3, 0.4) is 0 Å². The van der Waals surface area contributed by atoms with Gasteiger partial charge in [0.15, 0.2) is 0 Å². The first-order valence-corrected chi connectivity index (χ1v) is 9.33. The van der Waals surface area contributed by atoms with Crippen LogP contribution in [0.4, 0.5) is 0 Å². The molecule has 0 amide bonds. The molecular formula is C19H26N2OS. The van der Waals surface area contributed by atoms with E-state index in [9.17, 15) is 0 Å². The van der Waals surface area contributed by atoms with Crippen molar-refractivity contribution in [2.24, 2.45) is 0 Å².